The number of halogens is 1. The lowest BCUT2D eigenvalue weighted by molar-refractivity contribution is 0.102. The standard InChI is InChI=1S/C20H17ClN2O4/c1-11-9-23-10-12(20(25)22-14-5-3-4-6-15(14)26-2)19(24)17-13(21)7-8-16(27-11)18(17)23/h3-8,10-11H,9H2,1-2H3,(H,22,25)/t11-/m0/s1. The molecule has 2 aromatic carbocycles. The molecule has 27 heavy (non-hydrogen) atoms. The Labute approximate surface area is 160 Å². The van der Waals surface area contributed by atoms with Gasteiger partial charge in [0.25, 0.3) is 5.91 Å². The first-order chi connectivity index (χ1) is 13.0. The van der Waals surface area contributed by atoms with Crippen LogP contribution < -0.4 is 20.2 Å². The maximum atomic E-state index is 13.0. The van der Waals surface area contributed by atoms with Gasteiger partial charge >= 0.3 is 0 Å². The molecule has 0 saturated carbocycles. The second kappa shape index (κ2) is 6.63. The molecule has 1 aromatic heterocycles. The highest BCUT2D eigenvalue weighted by molar-refractivity contribution is 6.35. The first-order valence-corrected chi connectivity index (χ1v) is 8.84. The van der Waals surface area contributed by atoms with E-state index in [1.165, 1.54) is 7.11 Å². The molecule has 2 heterocycles. The number of ether oxygens (including phenoxy) is 2. The van der Waals surface area contributed by atoms with Crippen molar-refractivity contribution in [3.8, 4) is 11.5 Å². The summed E-state index contributed by atoms with van der Waals surface area (Å²) in [5.41, 5.74) is 0.680. The van der Waals surface area contributed by atoms with Crippen molar-refractivity contribution in [2.75, 3.05) is 12.4 Å². The molecular weight excluding hydrogens is 368 g/mol. The summed E-state index contributed by atoms with van der Waals surface area (Å²) in [5, 5.41) is 3.32. The molecule has 0 radical (unpaired) electrons. The van der Waals surface area contributed by atoms with Gasteiger partial charge in [0.2, 0.25) is 5.43 Å². The van der Waals surface area contributed by atoms with Gasteiger partial charge in [0.05, 0.1) is 35.3 Å². The van der Waals surface area contributed by atoms with Gasteiger partial charge < -0.3 is 19.4 Å². The first kappa shape index (κ1) is 17.4. The number of carbonyl (C=O) groups is 1. The van der Waals surface area contributed by atoms with Crippen molar-refractivity contribution in [3.05, 3.63) is 63.4 Å². The molecule has 0 aliphatic carbocycles. The van der Waals surface area contributed by atoms with Gasteiger partial charge in [-0.25, -0.2) is 0 Å². The Hall–Kier alpha value is -2.99. The molecule has 138 valence electrons. The van der Waals surface area contributed by atoms with Crippen molar-refractivity contribution in [3.63, 3.8) is 0 Å². The van der Waals surface area contributed by atoms with Crippen molar-refractivity contribution in [2.24, 2.45) is 0 Å². The SMILES string of the molecule is COc1ccccc1NC(=O)c1cn2c3c(ccc(Cl)c3c1=O)O[C@@H](C)C2. The minimum Gasteiger partial charge on any atom is -0.495 e. The van der Waals surface area contributed by atoms with Crippen LogP contribution in [0.3, 0.4) is 0 Å². The molecule has 1 aliphatic heterocycles. The number of pyridine rings is 1. The van der Waals surface area contributed by atoms with E-state index in [0.29, 0.717) is 29.2 Å². The molecule has 0 unspecified atom stereocenters. The van der Waals surface area contributed by atoms with Crippen molar-refractivity contribution in [2.45, 2.75) is 19.6 Å². The molecule has 4 rings (SSSR count). The molecule has 0 spiro atoms. The van der Waals surface area contributed by atoms with E-state index in [1.54, 1.807) is 42.6 Å². The van der Waals surface area contributed by atoms with Gasteiger partial charge in [-0.05, 0) is 31.2 Å². The number of aromatic nitrogens is 1. The van der Waals surface area contributed by atoms with Gasteiger partial charge in [-0.3, -0.25) is 9.59 Å². The number of methoxy groups -OCH3 is 1. The lowest BCUT2D eigenvalue weighted by Gasteiger charge is -2.26. The lowest BCUT2D eigenvalue weighted by Crippen LogP contribution is -2.30. The van der Waals surface area contributed by atoms with E-state index in [4.69, 9.17) is 21.1 Å². The summed E-state index contributed by atoms with van der Waals surface area (Å²) in [4.78, 5) is 25.9. The summed E-state index contributed by atoms with van der Waals surface area (Å²) in [6.07, 6.45) is 1.48. The second-order valence-corrected chi connectivity index (χ2v) is 6.78. The summed E-state index contributed by atoms with van der Waals surface area (Å²) < 4.78 is 12.9. The number of benzene rings is 2. The molecule has 1 atom stereocenters. The Kier molecular flexibility index (Phi) is 4.28. The Morgan fingerprint density at radius 2 is 2.07 bits per heavy atom. The van der Waals surface area contributed by atoms with Crippen LogP contribution >= 0.6 is 11.6 Å². The minimum absolute atomic E-state index is 0.0153. The Morgan fingerprint density at radius 3 is 2.85 bits per heavy atom. The summed E-state index contributed by atoms with van der Waals surface area (Å²) in [6.45, 7) is 2.44. The fraction of sp³-hybridized carbons (Fsp3) is 0.200. The Bertz CT molecular complexity index is 1120. The third kappa shape index (κ3) is 2.92. The van der Waals surface area contributed by atoms with Crippen molar-refractivity contribution < 1.29 is 14.3 Å². The summed E-state index contributed by atoms with van der Waals surface area (Å²) in [6, 6.07) is 10.4. The number of amides is 1. The van der Waals surface area contributed by atoms with Crippen molar-refractivity contribution in [1.29, 1.82) is 0 Å². The third-order valence-electron chi connectivity index (χ3n) is 4.52. The number of carbonyl (C=O) groups excluding carboxylic acids is 1. The van der Waals surface area contributed by atoms with Gasteiger partial charge in [-0.15, -0.1) is 0 Å². The van der Waals surface area contributed by atoms with E-state index in [2.05, 4.69) is 5.32 Å². The normalized spacial score (nSPS) is 15.3. The molecule has 6 nitrogen and oxygen atoms in total. The van der Waals surface area contributed by atoms with Crippen LogP contribution in [0.5, 0.6) is 11.5 Å². The maximum absolute atomic E-state index is 13.0. The van der Waals surface area contributed by atoms with Gasteiger partial charge in [-0.1, -0.05) is 23.7 Å². The van der Waals surface area contributed by atoms with Crippen LogP contribution in [-0.4, -0.2) is 23.7 Å². The molecule has 7 heteroatoms. The summed E-state index contributed by atoms with van der Waals surface area (Å²) in [5.74, 6) is 0.577. The summed E-state index contributed by atoms with van der Waals surface area (Å²) in [7, 11) is 1.52. The highest BCUT2D eigenvalue weighted by Gasteiger charge is 2.25. The van der Waals surface area contributed by atoms with E-state index in [-0.39, 0.29) is 22.1 Å². The van der Waals surface area contributed by atoms with Crippen LogP contribution in [-0.2, 0) is 6.54 Å². The number of rotatable bonds is 3. The number of anilines is 1. The fourth-order valence-electron chi connectivity index (χ4n) is 3.33. The molecule has 1 aliphatic rings. The van der Waals surface area contributed by atoms with Crippen LogP contribution in [0.2, 0.25) is 5.02 Å². The zero-order chi connectivity index (χ0) is 19.1. The molecule has 0 fully saturated rings. The van der Waals surface area contributed by atoms with E-state index in [9.17, 15) is 9.59 Å². The number of hydrogen-bond donors (Lipinski definition) is 1. The minimum atomic E-state index is -0.518. The van der Waals surface area contributed by atoms with Gasteiger partial charge in [-0.2, -0.15) is 0 Å². The molecule has 1 N–H and O–H groups in total. The molecular formula is C20H17ClN2O4. The van der Waals surface area contributed by atoms with Crippen molar-refractivity contribution >= 4 is 34.1 Å². The molecule has 3 aromatic rings. The predicted octanol–water partition coefficient (Wildman–Crippen LogP) is 3.70. The largest absolute Gasteiger partial charge is 0.495 e. The lowest BCUT2D eigenvalue weighted by atomic mass is 10.1. The average Bonchev–Trinajstić information content (AvgIpc) is 2.65. The maximum Gasteiger partial charge on any atom is 0.261 e. The fourth-order valence-corrected chi connectivity index (χ4v) is 3.57. The smallest absolute Gasteiger partial charge is 0.261 e. The van der Waals surface area contributed by atoms with Gasteiger partial charge in [0, 0.05) is 6.20 Å². The highest BCUT2D eigenvalue weighted by atomic mass is 35.5. The summed E-state index contributed by atoms with van der Waals surface area (Å²) >= 11 is 6.29. The Morgan fingerprint density at radius 1 is 1.30 bits per heavy atom. The van der Waals surface area contributed by atoms with E-state index in [1.807, 2.05) is 11.5 Å². The van der Waals surface area contributed by atoms with Crippen molar-refractivity contribution in [1.82, 2.24) is 4.57 Å². The van der Waals surface area contributed by atoms with Crippen LogP contribution in [0.4, 0.5) is 5.69 Å². The van der Waals surface area contributed by atoms with Gasteiger partial charge in [0.1, 0.15) is 23.2 Å². The molecule has 0 saturated heterocycles. The highest BCUT2D eigenvalue weighted by Crippen LogP contribution is 2.33. The molecule has 0 bridgehead atoms. The number of para-hydroxylation sites is 2. The number of hydrogen-bond acceptors (Lipinski definition) is 4. The second-order valence-electron chi connectivity index (χ2n) is 6.38. The first-order valence-electron chi connectivity index (χ1n) is 8.46. The topological polar surface area (TPSA) is 69.6 Å². The van der Waals surface area contributed by atoms with E-state index in [0.717, 1.165) is 0 Å². The molecule has 1 amide bonds. The zero-order valence-corrected chi connectivity index (χ0v) is 15.5. The zero-order valence-electron chi connectivity index (χ0n) is 14.8. The van der Waals surface area contributed by atoms with Crippen LogP contribution in [0, 0.1) is 0 Å². The van der Waals surface area contributed by atoms with E-state index < -0.39 is 11.3 Å². The Balaban J connectivity index is 1.86. The third-order valence-corrected chi connectivity index (χ3v) is 4.83. The number of nitrogens with zero attached hydrogens (tertiary/aromatic N) is 1. The monoisotopic (exact) mass is 384 g/mol. The number of nitrogens with one attached hydrogen (secondary N) is 1. The van der Waals surface area contributed by atoms with Crippen LogP contribution in [0.1, 0.15) is 17.3 Å². The predicted molar refractivity (Wildman–Crippen MR) is 104 cm³/mol. The average molecular weight is 385 g/mol. The van der Waals surface area contributed by atoms with Crippen LogP contribution in [0.25, 0.3) is 10.9 Å². The van der Waals surface area contributed by atoms with Gasteiger partial charge in [0.15, 0.2) is 0 Å². The quantitative estimate of drug-likeness (QED) is 0.747. The van der Waals surface area contributed by atoms with E-state index >= 15 is 0 Å². The van der Waals surface area contributed by atoms with Crippen LogP contribution in [0.15, 0.2) is 47.4 Å².